The lowest BCUT2D eigenvalue weighted by molar-refractivity contribution is 0.260. The van der Waals surface area contributed by atoms with E-state index in [0.717, 1.165) is 57.7 Å². The van der Waals surface area contributed by atoms with Crippen LogP contribution in [-0.2, 0) is 6.54 Å². The summed E-state index contributed by atoms with van der Waals surface area (Å²) in [7, 11) is 1.82. The number of piperazine rings is 1. The largest absolute Gasteiger partial charge is 0.355 e. The first-order chi connectivity index (χ1) is 13.7. The van der Waals surface area contributed by atoms with Crippen molar-refractivity contribution >= 4 is 35.9 Å². The molecule has 0 amide bonds. The molecule has 29 heavy (non-hydrogen) atoms. The molecule has 0 radical (unpaired) electrons. The molecule has 1 saturated heterocycles. The van der Waals surface area contributed by atoms with Crippen molar-refractivity contribution in [3.8, 4) is 0 Å². The predicted molar refractivity (Wildman–Crippen MR) is 130 cm³/mol. The molecule has 0 unspecified atom stereocenters. The summed E-state index contributed by atoms with van der Waals surface area (Å²) < 4.78 is 0. The van der Waals surface area contributed by atoms with Gasteiger partial charge in [0.1, 0.15) is 0 Å². The summed E-state index contributed by atoms with van der Waals surface area (Å²) >= 11 is 0. The number of aliphatic imine (C=N–C) groups is 1. The lowest BCUT2D eigenvalue weighted by atomic mass is 10.1. The van der Waals surface area contributed by atoms with Gasteiger partial charge in [-0.2, -0.15) is 0 Å². The number of aryl methyl sites for hydroxylation is 2. The van der Waals surface area contributed by atoms with Crippen LogP contribution >= 0.6 is 24.0 Å². The molecule has 0 saturated carbocycles. The minimum atomic E-state index is 0. The van der Waals surface area contributed by atoms with Crippen LogP contribution in [0.25, 0.3) is 0 Å². The van der Waals surface area contributed by atoms with E-state index < -0.39 is 0 Å². The highest BCUT2D eigenvalue weighted by Gasteiger charge is 2.18. The molecule has 1 aliphatic rings. The summed E-state index contributed by atoms with van der Waals surface area (Å²) in [5, 5.41) is 6.83. The molecule has 1 aliphatic heterocycles. The van der Waals surface area contributed by atoms with Gasteiger partial charge in [-0.1, -0.05) is 23.8 Å². The summed E-state index contributed by atoms with van der Waals surface area (Å²) in [6, 6.07) is 8.40. The predicted octanol–water partition coefficient (Wildman–Crippen LogP) is 2.20. The van der Waals surface area contributed by atoms with Gasteiger partial charge in [-0.25, -0.2) is 9.97 Å². The Morgan fingerprint density at radius 2 is 1.79 bits per heavy atom. The number of hydrogen-bond acceptors (Lipinski definition) is 5. The Kier molecular flexibility index (Phi) is 9.59. The molecule has 0 aliphatic carbocycles. The average Bonchev–Trinajstić information content (AvgIpc) is 2.73. The van der Waals surface area contributed by atoms with Gasteiger partial charge in [-0.15, -0.1) is 24.0 Å². The van der Waals surface area contributed by atoms with Crippen molar-refractivity contribution in [3.05, 3.63) is 53.3 Å². The Hall–Kier alpha value is -1.94. The highest BCUT2D eigenvalue weighted by molar-refractivity contribution is 14.0. The fourth-order valence-electron chi connectivity index (χ4n) is 3.40. The molecule has 2 aromatic rings. The second kappa shape index (κ2) is 11.9. The first-order valence-electron chi connectivity index (χ1n) is 9.90. The molecule has 2 heterocycles. The normalized spacial score (nSPS) is 15.0. The van der Waals surface area contributed by atoms with Crippen LogP contribution in [0.1, 0.15) is 16.7 Å². The molecule has 0 bridgehead atoms. The zero-order valence-electron chi connectivity index (χ0n) is 17.6. The number of guanidine groups is 1. The van der Waals surface area contributed by atoms with Gasteiger partial charge in [0.15, 0.2) is 5.96 Å². The van der Waals surface area contributed by atoms with Gasteiger partial charge in [-0.05, 0) is 31.0 Å². The van der Waals surface area contributed by atoms with Gasteiger partial charge < -0.3 is 15.5 Å². The lowest BCUT2D eigenvalue weighted by Gasteiger charge is -2.34. The summed E-state index contributed by atoms with van der Waals surface area (Å²) in [5.74, 6) is 1.67. The highest BCUT2D eigenvalue weighted by atomic mass is 127. The summed E-state index contributed by atoms with van der Waals surface area (Å²) in [5.41, 5.74) is 3.90. The molecule has 7 nitrogen and oxygen atoms in total. The fourth-order valence-corrected chi connectivity index (χ4v) is 3.40. The quantitative estimate of drug-likeness (QED) is 0.354. The molecule has 3 rings (SSSR count). The number of aromatic nitrogens is 2. The third-order valence-electron chi connectivity index (χ3n) is 5.10. The zero-order chi connectivity index (χ0) is 19.8. The van der Waals surface area contributed by atoms with Crippen LogP contribution in [0.15, 0.2) is 41.7 Å². The number of rotatable bonds is 6. The molecule has 0 atom stereocenters. The number of hydrogen-bond donors (Lipinski definition) is 2. The van der Waals surface area contributed by atoms with E-state index in [1.807, 2.05) is 13.1 Å². The molecule has 2 N–H and O–H groups in total. The van der Waals surface area contributed by atoms with Crippen molar-refractivity contribution < 1.29 is 0 Å². The van der Waals surface area contributed by atoms with Crippen molar-refractivity contribution in [2.45, 2.75) is 20.4 Å². The first-order valence-corrected chi connectivity index (χ1v) is 9.90. The van der Waals surface area contributed by atoms with Gasteiger partial charge in [0.25, 0.3) is 0 Å². The topological polar surface area (TPSA) is 68.7 Å². The number of nitrogens with one attached hydrogen (secondary N) is 2. The molecule has 158 valence electrons. The van der Waals surface area contributed by atoms with Gasteiger partial charge in [0.2, 0.25) is 5.95 Å². The smallest absolute Gasteiger partial charge is 0.225 e. The molecule has 1 aromatic heterocycles. The number of nitrogens with zero attached hydrogens (tertiary/aromatic N) is 5. The maximum absolute atomic E-state index is 4.34. The first kappa shape index (κ1) is 23.3. The molecule has 8 heteroatoms. The molecule has 0 spiro atoms. The van der Waals surface area contributed by atoms with E-state index in [4.69, 9.17) is 0 Å². The minimum absolute atomic E-state index is 0. The van der Waals surface area contributed by atoms with Gasteiger partial charge >= 0.3 is 0 Å². The van der Waals surface area contributed by atoms with Crippen molar-refractivity contribution in [2.24, 2.45) is 4.99 Å². The Labute approximate surface area is 191 Å². The monoisotopic (exact) mass is 509 g/mol. The van der Waals surface area contributed by atoms with Crippen LogP contribution < -0.4 is 15.5 Å². The van der Waals surface area contributed by atoms with E-state index >= 15 is 0 Å². The van der Waals surface area contributed by atoms with Crippen LogP contribution in [0, 0.1) is 13.8 Å². The van der Waals surface area contributed by atoms with E-state index in [2.05, 4.69) is 67.4 Å². The second-order valence-electron chi connectivity index (χ2n) is 7.16. The van der Waals surface area contributed by atoms with Crippen molar-refractivity contribution in [2.75, 3.05) is 51.2 Å². The lowest BCUT2D eigenvalue weighted by Crippen LogP contribution is -2.49. The molecular formula is C21H32IN7. The minimum Gasteiger partial charge on any atom is -0.355 e. The van der Waals surface area contributed by atoms with Crippen LogP contribution in [0.5, 0.6) is 0 Å². The third kappa shape index (κ3) is 7.11. The van der Waals surface area contributed by atoms with E-state index in [9.17, 15) is 0 Å². The Bertz CT molecular complexity index is 774. The molecule has 1 aromatic carbocycles. The second-order valence-corrected chi connectivity index (χ2v) is 7.16. The van der Waals surface area contributed by atoms with Crippen LogP contribution in [-0.4, -0.2) is 67.1 Å². The Balaban J connectivity index is 0.00000300. The van der Waals surface area contributed by atoms with E-state index in [1.54, 1.807) is 12.4 Å². The van der Waals surface area contributed by atoms with Crippen molar-refractivity contribution in [1.29, 1.82) is 0 Å². The summed E-state index contributed by atoms with van der Waals surface area (Å²) in [4.78, 5) is 17.7. The number of benzene rings is 1. The standard InChI is InChI=1S/C21H31N7.HI/c1-17-5-6-19(18(2)15-17)16-26-20(22-3)23-9-10-27-11-13-28(14-12-27)21-24-7-4-8-25-21;/h4-8,15H,9-14,16H2,1-3H3,(H2,22,23,26);1H. The van der Waals surface area contributed by atoms with Gasteiger partial charge in [-0.3, -0.25) is 9.89 Å². The maximum atomic E-state index is 4.34. The van der Waals surface area contributed by atoms with Crippen LogP contribution in [0.4, 0.5) is 5.95 Å². The number of anilines is 1. The zero-order valence-corrected chi connectivity index (χ0v) is 19.9. The maximum Gasteiger partial charge on any atom is 0.225 e. The van der Waals surface area contributed by atoms with E-state index in [-0.39, 0.29) is 24.0 Å². The van der Waals surface area contributed by atoms with E-state index in [1.165, 1.54) is 16.7 Å². The average molecular weight is 509 g/mol. The van der Waals surface area contributed by atoms with Crippen LogP contribution in [0.2, 0.25) is 0 Å². The molecule has 1 fully saturated rings. The highest BCUT2D eigenvalue weighted by Crippen LogP contribution is 2.10. The summed E-state index contributed by atoms with van der Waals surface area (Å²) in [6.07, 6.45) is 3.60. The van der Waals surface area contributed by atoms with Crippen molar-refractivity contribution in [1.82, 2.24) is 25.5 Å². The van der Waals surface area contributed by atoms with Gasteiger partial charge in [0.05, 0.1) is 0 Å². The number of halogens is 1. The van der Waals surface area contributed by atoms with Crippen LogP contribution in [0.3, 0.4) is 0 Å². The summed E-state index contributed by atoms with van der Waals surface area (Å²) in [6.45, 7) is 10.9. The fraction of sp³-hybridized carbons (Fsp3) is 0.476. The Morgan fingerprint density at radius 1 is 1.07 bits per heavy atom. The SMILES string of the molecule is CN=C(NCCN1CCN(c2ncccn2)CC1)NCc1ccc(C)cc1C.I. The van der Waals surface area contributed by atoms with Crippen molar-refractivity contribution in [3.63, 3.8) is 0 Å². The molecular weight excluding hydrogens is 477 g/mol. The van der Waals surface area contributed by atoms with E-state index in [0.29, 0.717) is 0 Å². The third-order valence-corrected chi connectivity index (χ3v) is 5.10. The Morgan fingerprint density at radius 3 is 2.45 bits per heavy atom. The van der Waals surface area contributed by atoms with Gasteiger partial charge in [0, 0.05) is 65.3 Å².